The Morgan fingerprint density at radius 1 is 1.26 bits per heavy atom. The van der Waals surface area contributed by atoms with E-state index in [0.29, 0.717) is 29.4 Å². The van der Waals surface area contributed by atoms with Gasteiger partial charge in [0.25, 0.3) is 5.91 Å². The smallest absolute Gasteiger partial charge is 0.308 e. The summed E-state index contributed by atoms with van der Waals surface area (Å²) >= 11 is 0. The highest BCUT2D eigenvalue weighted by atomic mass is 16.4. The Labute approximate surface area is 132 Å². The molecule has 2 N–H and O–H groups in total. The molecule has 2 heterocycles. The van der Waals surface area contributed by atoms with E-state index in [4.69, 9.17) is 0 Å². The number of carbonyl (C=O) groups excluding carboxylic acids is 1. The first kappa shape index (κ1) is 15.3. The molecule has 6 heteroatoms. The van der Waals surface area contributed by atoms with Gasteiger partial charge in [-0.05, 0) is 18.4 Å². The third-order valence-electron chi connectivity index (χ3n) is 4.28. The molecule has 2 unspecified atom stereocenters. The predicted octanol–water partition coefficient (Wildman–Crippen LogP) is 1.71. The Bertz CT molecular complexity index is 827. The molecule has 1 saturated heterocycles. The maximum Gasteiger partial charge on any atom is 0.308 e. The van der Waals surface area contributed by atoms with Crippen molar-refractivity contribution in [2.75, 3.05) is 13.1 Å². The number of amides is 1. The highest BCUT2D eigenvalue weighted by Gasteiger charge is 2.32. The minimum atomic E-state index is -0.884. The number of pyridine rings is 1. The fraction of sp³-hybridized carbons (Fsp3) is 0.353. The van der Waals surface area contributed by atoms with Crippen molar-refractivity contribution in [2.45, 2.75) is 13.3 Å². The van der Waals surface area contributed by atoms with Gasteiger partial charge >= 0.3 is 5.97 Å². The summed E-state index contributed by atoms with van der Waals surface area (Å²) in [6.45, 7) is 2.62. The van der Waals surface area contributed by atoms with Crippen molar-refractivity contribution in [1.29, 1.82) is 0 Å². The van der Waals surface area contributed by atoms with E-state index in [9.17, 15) is 19.5 Å². The number of aliphatic carboxylic acids is 1. The van der Waals surface area contributed by atoms with Crippen molar-refractivity contribution in [1.82, 2.24) is 9.88 Å². The first-order valence-corrected chi connectivity index (χ1v) is 7.60. The van der Waals surface area contributed by atoms with Crippen LogP contribution < -0.4 is 5.56 Å². The maximum absolute atomic E-state index is 12.9. The van der Waals surface area contributed by atoms with Gasteiger partial charge in [0.05, 0.1) is 11.5 Å². The summed E-state index contributed by atoms with van der Waals surface area (Å²) < 4.78 is 0. The Kier molecular flexibility index (Phi) is 3.90. The molecule has 2 atom stereocenters. The number of nitrogens with zero attached hydrogens (tertiary/aromatic N) is 1. The Hall–Kier alpha value is -2.63. The number of rotatable bonds is 2. The number of benzene rings is 1. The summed E-state index contributed by atoms with van der Waals surface area (Å²) in [6, 6.07) is 8.40. The van der Waals surface area contributed by atoms with E-state index in [1.807, 2.05) is 6.92 Å². The molecule has 120 valence electrons. The fourth-order valence-electron chi connectivity index (χ4n) is 3.25. The van der Waals surface area contributed by atoms with Gasteiger partial charge in [-0.25, -0.2) is 0 Å². The Balaban J connectivity index is 2.00. The van der Waals surface area contributed by atoms with Crippen molar-refractivity contribution >= 4 is 22.8 Å². The number of carboxylic acid groups (broad SMARTS) is 1. The van der Waals surface area contributed by atoms with Gasteiger partial charge in [-0.3, -0.25) is 14.4 Å². The van der Waals surface area contributed by atoms with E-state index in [0.717, 1.165) is 0 Å². The SMILES string of the molecule is CC1CC(C(=O)O)CN(C(=O)c2cc(=O)[nH]c3ccccc23)C1. The van der Waals surface area contributed by atoms with Gasteiger partial charge in [-0.15, -0.1) is 0 Å². The lowest BCUT2D eigenvalue weighted by atomic mass is 9.90. The second-order valence-corrected chi connectivity index (χ2v) is 6.18. The maximum atomic E-state index is 12.9. The number of H-pyrrole nitrogens is 1. The molecule has 0 bridgehead atoms. The number of hydrogen-bond acceptors (Lipinski definition) is 3. The summed E-state index contributed by atoms with van der Waals surface area (Å²) in [7, 11) is 0. The number of aromatic amines is 1. The molecular formula is C17H18N2O4. The van der Waals surface area contributed by atoms with Crippen LogP contribution in [-0.4, -0.2) is 40.0 Å². The van der Waals surface area contributed by atoms with Gasteiger partial charge in [0.2, 0.25) is 5.56 Å². The topological polar surface area (TPSA) is 90.5 Å². The van der Waals surface area contributed by atoms with E-state index in [2.05, 4.69) is 4.98 Å². The fourth-order valence-corrected chi connectivity index (χ4v) is 3.25. The van der Waals surface area contributed by atoms with E-state index in [-0.39, 0.29) is 23.9 Å². The molecule has 1 aromatic carbocycles. The number of carboxylic acids is 1. The van der Waals surface area contributed by atoms with Crippen LogP contribution in [0.15, 0.2) is 35.1 Å². The monoisotopic (exact) mass is 314 g/mol. The van der Waals surface area contributed by atoms with Crippen LogP contribution >= 0.6 is 0 Å². The first-order chi connectivity index (χ1) is 11.0. The van der Waals surface area contributed by atoms with E-state index in [1.165, 1.54) is 6.07 Å². The highest BCUT2D eigenvalue weighted by Crippen LogP contribution is 2.25. The van der Waals surface area contributed by atoms with E-state index < -0.39 is 11.9 Å². The molecule has 1 amide bonds. The van der Waals surface area contributed by atoms with Crippen molar-refractivity contribution in [3.05, 3.63) is 46.2 Å². The number of para-hydroxylation sites is 1. The molecule has 0 aliphatic carbocycles. The third kappa shape index (κ3) is 2.97. The number of carbonyl (C=O) groups is 2. The molecule has 23 heavy (non-hydrogen) atoms. The normalized spacial score (nSPS) is 21.3. The largest absolute Gasteiger partial charge is 0.481 e. The number of likely N-dealkylation sites (tertiary alicyclic amines) is 1. The molecule has 3 rings (SSSR count). The summed E-state index contributed by atoms with van der Waals surface area (Å²) in [5, 5.41) is 9.92. The second kappa shape index (κ2) is 5.87. The lowest BCUT2D eigenvalue weighted by Crippen LogP contribution is -2.45. The zero-order chi connectivity index (χ0) is 16.6. The molecule has 0 radical (unpaired) electrons. The van der Waals surface area contributed by atoms with Crippen LogP contribution in [0.2, 0.25) is 0 Å². The third-order valence-corrected chi connectivity index (χ3v) is 4.28. The van der Waals surface area contributed by atoms with Crippen molar-refractivity contribution in [3.63, 3.8) is 0 Å². The van der Waals surface area contributed by atoms with Crippen LogP contribution in [0.1, 0.15) is 23.7 Å². The Morgan fingerprint density at radius 3 is 2.74 bits per heavy atom. The summed E-state index contributed by atoms with van der Waals surface area (Å²) in [5.41, 5.74) is 0.581. The van der Waals surface area contributed by atoms with E-state index >= 15 is 0 Å². The standard InChI is InChI=1S/C17H18N2O4/c1-10-6-11(17(22)23)9-19(8-10)16(21)13-7-15(20)18-14-5-3-2-4-12(13)14/h2-5,7,10-11H,6,8-9H2,1H3,(H,18,20)(H,22,23). The summed E-state index contributed by atoms with van der Waals surface area (Å²) in [6.07, 6.45) is 0.565. The summed E-state index contributed by atoms with van der Waals surface area (Å²) in [5.74, 6) is -1.62. The molecule has 1 aromatic heterocycles. The molecule has 2 aromatic rings. The lowest BCUT2D eigenvalue weighted by Gasteiger charge is -2.34. The zero-order valence-corrected chi connectivity index (χ0v) is 12.8. The molecule has 6 nitrogen and oxygen atoms in total. The minimum absolute atomic E-state index is 0.113. The van der Waals surface area contributed by atoms with Crippen molar-refractivity contribution in [3.8, 4) is 0 Å². The number of fused-ring (bicyclic) bond motifs is 1. The Morgan fingerprint density at radius 2 is 2.00 bits per heavy atom. The average molecular weight is 314 g/mol. The number of aromatic nitrogens is 1. The van der Waals surface area contributed by atoms with Gasteiger partial charge in [0.1, 0.15) is 0 Å². The van der Waals surface area contributed by atoms with Crippen molar-refractivity contribution in [2.24, 2.45) is 11.8 Å². The van der Waals surface area contributed by atoms with Crippen LogP contribution in [0.5, 0.6) is 0 Å². The van der Waals surface area contributed by atoms with E-state index in [1.54, 1.807) is 29.2 Å². The molecule has 1 aliphatic heterocycles. The van der Waals surface area contributed by atoms with Crippen molar-refractivity contribution < 1.29 is 14.7 Å². The molecule has 0 saturated carbocycles. The van der Waals surface area contributed by atoms with Gasteiger partial charge in [-0.2, -0.15) is 0 Å². The predicted molar refractivity (Wildman–Crippen MR) is 85.4 cm³/mol. The molecule has 0 spiro atoms. The molecular weight excluding hydrogens is 296 g/mol. The summed E-state index contributed by atoms with van der Waals surface area (Å²) in [4.78, 5) is 40.2. The molecule has 1 aliphatic rings. The number of piperidine rings is 1. The van der Waals surface area contributed by atoms with Crippen LogP contribution in [0.4, 0.5) is 0 Å². The number of nitrogens with one attached hydrogen (secondary N) is 1. The highest BCUT2D eigenvalue weighted by molar-refractivity contribution is 6.06. The van der Waals surface area contributed by atoms with Gasteiger partial charge in [0.15, 0.2) is 0 Å². The minimum Gasteiger partial charge on any atom is -0.481 e. The average Bonchev–Trinajstić information content (AvgIpc) is 2.52. The van der Waals surface area contributed by atoms with Gasteiger partial charge in [0, 0.05) is 30.1 Å². The van der Waals surface area contributed by atoms with Gasteiger partial charge in [-0.1, -0.05) is 25.1 Å². The zero-order valence-electron chi connectivity index (χ0n) is 12.8. The quantitative estimate of drug-likeness (QED) is 0.883. The number of hydrogen-bond donors (Lipinski definition) is 2. The van der Waals surface area contributed by atoms with Crippen LogP contribution in [0, 0.1) is 11.8 Å². The van der Waals surface area contributed by atoms with Crippen LogP contribution in [-0.2, 0) is 4.79 Å². The second-order valence-electron chi connectivity index (χ2n) is 6.18. The van der Waals surface area contributed by atoms with Crippen LogP contribution in [0.3, 0.4) is 0 Å². The van der Waals surface area contributed by atoms with Crippen LogP contribution in [0.25, 0.3) is 10.9 Å². The first-order valence-electron chi connectivity index (χ1n) is 7.60. The molecule has 1 fully saturated rings. The lowest BCUT2D eigenvalue weighted by molar-refractivity contribution is -0.143. The van der Waals surface area contributed by atoms with Gasteiger partial charge < -0.3 is 15.0 Å².